The summed E-state index contributed by atoms with van der Waals surface area (Å²) in [6, 6.07) is 21.4. The van der Waals surface area contributed by atoms with Gasteiger partial charge < -0.3 is 10.6 Å². The third-order valence-electron chi connectivity index (χ3n) is 6.18. The van der Waals surface area contributed by atoms with Gasteiger partial charge in [-0.15, -0.1) is 0 Å². The molecule has 2 unspecified atom stereocenters. The average molecular weight is 492 g/mol. The minimum atomic E-state index is -1.01. The first kappa shape index (κ1) is 26.6. The number of hydroxylamine groups is 1. The monoisotopic (exact) mass is 491 g/mol. The molecule has 3 atom stereocenters. The average Bonchev–Trinajstić information content (AvgIpc) is 2.91. The molecule has 3 aromatic carbocycles. The lowest BCUT2D eigenvalue weighted by atomic mass is 9.94. The molecule has 0 spiro atoms. The lowest BCUT2D eigenvalue weighted by Gasteiger charge is -2.25. The van der Waals surface area contributed by atoms with Gasteiger partial charge in [-0.3, -0.25) is 19.6 Å². The molecule has 0 saturated heterocycles. The van der Waals surface area contributed by atoms with Gasteiger partial charge in [0.25, 0.3) is 5.91 Å². The molecule has 36 heavy (non-hydrogen) atoms. The van der Waals surface area contributed by atoms with E-state index in [1.807, 2.05) is 56.3 Å². The quantitative estimate of drug-likeness (QED) is 0.252. The van der Waals surface area contributed by atoms with Crippen LogP contribution < -0.4 is 16.1 Å². The van der Waals surface area contributed by atoms with E-state index in [1.54, 1.807) is 24.3 Å². The molecule has 0 heterocycles. The van der Waals surface area contributed by atoms with E-state index in [0.717, 1.165) is 16.7 Å². The number of hydrogen-bond donors (Lipinski definition) is 4. The molecule has 3 rings (SSSR count). The van der Waals surface area contributed by atoms with Gasteiger partial charge in [0, 0.05) is 23.9 Å². The van der Waals surface area contributed by atoms with Crippen LogP contribution in [0.1, 0.15) is 48.5 Å². The van der Waals surface area contributed by atoms with Crippen molar-refractivity contribution in [1.29, 1.82) is 0 Å². The van der Waals surface area contributed by atoms with Gasteiger partial charge in [-0.25, -0.2) is 9.87 Å². The van der Waals surface area contributed by atoms with E-state index in [2.05, 4.69) is 10.6 Å². The van der Waals surface area contributed by atoms with Gasteiger partial charge in [0.05, 0.1) is 0 Å². The molecule has 0 aliphatic heterocycles. The summed E-state index contributed by atoms with van der Waals surface area (Å²) < 4.78 is 13.3. The minimum Gasteiger partial charge on any atom is -0.351 e. The standard InChI is InChI=1S/C28H30FN3O4/c1-18(20-12-14-24(29)15-13-20)19(2)30-28(35)25(16-17-26(33)32-36)31-27(34)23-10-8-22(9-11-23)21-6-4-3-5-7-21/h3-15,18-19,25,36H,16-17H2,1-2H3,(H,30,35)(H,31,34)(H,32,33)/t18?,19?,25-/m0/s1. The molecular formula is C28H30FN3O4. The lowest BCUT2D eigenvalue weighted by molar-refractivity contribution is -0.129. The van der Waals surface area contributed by atoms with E-state index in [4.69, 9.17) is 5.21 Å². The molecule has 3 amide bonds. The maximum atomic E-state index is 13.3. The number of benzene rings is 3. The molecule has 3 aromatic rings. The molecule has 0 fully saturated rings. The summed E-state index contributed by atoms with van der Waals surface area (Å²) in [6.45, 7) is 3.72. The van der Waals surface area contributed by atoms with Crippen LogP contribution in [0.5, 0.6) is 0 Å². The van der Waals surface area contributed by atoms with Crippen LogP contribution in [0, 0.1) is 5.82 Å². The molecule has 188 valence electrons. The van der Waals surface area contributed by atoms with Crippen molar-refractivity contribution in [3.05, 3.63) is 95.8 Å². The van der Waals surface area contributed by atoms with Crippen molar-refractivity contribution in [2.75, 3.05) is 0 Å². The number of halogens is 1. The molecule has 0 aliphatic carbocycles. The summed E-state index contributed by atoms with van der Waals surface area (Å²) in [7, 11) is 0. The molecule has 0 radical (unpaired) electrons. The number of hydrogen-bond acceptors (Lipinski definition) is 4. The first-order valence-electron chi connectivity index (χ1n) is 11.7. The van der Waals surface area contributed by atoms with Crippen molar-refractivity contribution in [3.63, 3.8) is 0 Å². The second-order valence-electron chi connectivity index (χ2n) is 8.68. The Morgan fingerprint density at radius 1 is 0.833 bits per heavy atom. The lowest BCUT2D eigenvalue weighted by Crippen LogP contribution is -2.50. The van der Waals surface area contributed by atoms with Crippen molar-refractivity contribution in [1.82, 2.24) is 16.1 Å². The minimum absolute atomic E-state index is 0.0102. The zero-order valence-electron chi connectivity index (χ0n) is 20.2. The first-order chi connectivity index (χ1) is 17.3. The second kappa shape index (κ2) is 12.6. The van der Waals surface area contributed by atoms with Crippen LogP contribution in [0.25, 0.3) is 11.1 Å². The Kier molecular flexibility index (Phi) is 9.30. The summed E-state index contributed by atoms with van der Waals surface area (Å²) in [5, 5.41) is 14.4. The predicted molar refractivity (Wildman–Crippen MR) is 135 cm³/mol. The van der Waals surface area contributed by atoms with Gasteiger partial charge >= 0.3 is 0 Å². The van der Waals surface area contributed by atoms with Crippen LogP contribution in [0.15, 0.2) is 78.9 Å². The Morgan fingerprint density at radius 2 is 1.44 bits per heavy atom. The summed E-state index contributed by atoms with van der Waals surface area (Å²) in [5.74, 6) is -2.06. The molecule has 8 heteroatoms. The Labute approximate surface area is 209 Å². The molecule has 0 saturated carbocycles. The largest absolute Gasteiger partial charge is 0.351 e. The highest BCUT2D eigenvalue weighted by Gasteiger charge is 2.25. The summed E-state index contributed by atoms with van der Waals surface area (Å²) in [4.78, 5) is 37.6. The normalized spacial score (nSPS) is 13.2. The molecule has 0 aromatic heterocycles. The fraction of sp³-hybridized carbons (Fsp3) is 0.250. The first-order valence-corrected chi connectivity index (χ1v) is 11.7. The molecular weight excluding hydrogens is 461 g/mol. The molecule has 0 aliphatic rings. The van der Waals surface area contributed by atoms with E-state index in [9.17, 15) is 18.8 Å². The van der Waals surface area contributed by atoms with E-state index in [1.165, 1.54) is 17.6 Å². The number of carbonyl (C=O) groups excluding carboxylic acids is 3. The van der Waals surface area contributed by atoms with Crippen LogP contribution in [-0.4, -0.2) is 35.0 Å². The summed E-state index contributed by atoms with van der Waals surface area (Å²) >= 11 is 0. The van der Waals surface area contributed by atoms with Gasteiger partial charge in [-0.05, 0) is 54.3 Å². The maximum absolute atomic E-state index is 13.3. The van der Waals surface area contributed by atoms with Gasteiger partial charge in [0.2, 0.25) is 11.8 Å². The van der Waals surface area contributed by atoms with Crippen molar-refractivity contribution < 1.29 is 24.0 Å². The van der Waals surface area contributed by atoms with Crippen molar-refractivity contribution in [2.45, 2.75) is 44.7 Å². The molecule has 0 bridgehead atoms. The van der Waals surface area contributed by atoms with Crippen LogP contribution in [0.2, 0.25) is 0 Å². The van der Waals surface area contributed by atoms with Crippen molar-refractivity contribution in [3.8, 4) is 11.1 Å². The van der Waals surface area contributed by atoms with Crippen LogP contribution in [0.4, 0.5) is 4.39 Å². The Hall–Kier alpha value is -4.04. The fourth-order valence-corrected chi connectivity index (χ4v) is 3.79. The van der Waals surface area contributed by atoms with Crippen LogP contribution >= 0.6 is 0 Å². The fourth-order valence-electron chi connectivity index (χ4n) is 3.79. The van der Waals surface area contributed by atoms with Crippen LogP contribution in [-0.2, 0) is 9.59 Å². The summed E-state index contributed by atoms with van der Waals surface area (Å²) in [5.41, 5.74) is 4.72. The Bertz CT molecular complexity index is 1170. The van der Waals surface area contributed by atoms with E-state index >= 15 is 0 Å². The highest BCUT2D eigenvalue weighted by molar-refractivity contribution is 5.98. The Morgan fingerprint density at radius 3 is 2.06 bits per heavy atom. The number of amides is 3. The SMILES string of the molecule is CC(NC(=O)[C@H](CCC(=O)NO)NC(=O)c1ccc(-c2ccccc2)cc1)C(C)c1ccc(F)cc1. The van der Waals surface area contributed by atoms with E-state index in [-0.39, 0.29) is 30.6 Å². The van der Waals surface area contributed by atoms with Gasteiger partial charge in [0.15, 0.2) is 0 Å². The van der Waals surface area contributed by atoms with Crippen molar-refractivity contribution >= 4 is 17.7 Å². The number of carbonyl (C=O) groups is 3. The Balaban J connectivity index is 1.69. The maximum Gasteiger partial charge on any atom is 0.251 e. The number of rotatable bonds is 10. The third kappa shape index (κ3) is 7.23. The predicted octanol–water partition coefficient (Wildman–Crippen LogP) is 4.19. The van der Waals surface area contributed by atoms with E-state index < -0.39 is 23.8 Å². The second-order valence-corrected chi connectivity index (χ2v) is 8.68. The zero-order chi connectivity index (χ0) is 26.1. The smallest absolute Gasteiger partial charge is 0.251 e. The summed E-state index contributed by atoms with van der Waals surface area (Å²) in [6.07, 6.45) is -0.173. The van der Waals surface area contributed by atoms with Crippen LogP contribution in [0.3, 0.4) is 0 Å². The third-order valence-corrected chi connectivity index (χ3v) is 6.18. The van der Waals surface area contributed by atoms with Gasteiger partial charge in [-0.2, -0.15) is 0 Å². The van der Waals surface area contributed by atoms with Crippen molar-refractivity contribution in [2.24, 2.45) is 0 Å². The highest BCUT2D eigenvalue weighted by Crippen LogP contribution is 2.21. The molecule has 7 nitrogen and oxygen atoms in total. The zero-order valence-corrected chi connectivity index (χ0v) is 20.2. The molecule has 4 N–H and O–H groups in total. The van der Waals surface area contributed by atoms with Gasteiger partial charge in [0.1, 0.15) is 11.9 Å². The number of nitrogens with one attached hydrogen (secondary N) is 3. The topological polar surface area (TPSA) is 108 Å². The van der Waals surface area contributed by atoms with E-state index in [0.29, 0.717) is 5.56 Å². The highest BCUT2D eigenvalue weighted by atomic mass is 19.1. The van der Waals surface area contributed by atoms with Gasteiger partial charge in [-0.1, -0.05) is 61.5 Å².